The number of hydrogen-bond acceptors (Lipinski definition) is 3. The van der Waals surface area contributed by atoms with Crippen LogP contribution in [0, 0.1) is 5.41 Å². The fraction of sp³-hybridized carbons (Fsp3) is 0.462. The zero-order valence-electron chi connectivity index (χ0n) is 10.5. The molecule has 1 N–H and O–H groups in total. The van der Waals surface area contributed by atoms with E-state index in [1.165, 1.54) is 0 Å². The van der Waals surface area contributed by atoms with Crippen LogP contribution in [-0.4, -0.2) is 23.3 Å². The zero-order chi connectivity index (χ0) is 13.4. The number of carbonyl (C=O) groups is 1. The Labute approximate surface area is 106 Å². The van der Waals surface area contributed by atoms with E-state index in [0.29, 0.717) is 18.3 Å². The van der Waals surface area contributed by atoms with E-state index in [-0.39, 0.29) is 0 Å². The fourth-order valence-corrected chi connectivity index (χ4v) is 5.38. The zero-order valence-corrected chi connectivity index (χ0v) is 11.4. The van der Waals surface area contributed by atoms with Crippen molar-refractivity contribution in [1.29, 1.82) is 0 Å². The summed E-state index contributed by atoms with van der Waals surface area (Å²) in [6, 6.07) is 8.92. The monoisotopic (exact) mass is 268 g/mol. The molecule has 98 valence electrons. The van der Waals surface area contributed by atoms with Gasteiger partial charge in [-0.25, -0.2) is 0 Å². The van der Waals surface area contributed by atoms with Gasteiger partial charge in [-0.1, -0.05) is 18.2 Å². The van der Waals surface area contributed by atoms with Gasteiger partial charge in [0.25, 0.3) is 0 Å². The van der Waals surface area contributed by atoms with Gasteiger partial charge in [0.05, 0.1) is 17.7 Å². The van der Waals surface area contributed by atoms with E-state index < -0.39 is 24.4 Å². The number of carboxylic acids is 1. The first-order valence-electron chi connectivity index (χ1n) is 5.98. The first kappa shape index (κ1) is 13.3. The number of carboxylic acid groups (broad SMARTS) is 1. The van der Waals surface area contributed by atoms with Crippen molar-refractivity contribution in [2.24, 2.45) is 5.41 Å². The molecular formula is C13H17O4P. The molecule has 4 nitrogen and oxygen atoms in total. The molecule has 3 atom stereocenters. The van der Waals surface area contributed by atoms with Gasteiger partial charge in [0.1, 0.15) is 0 Å². The van der Waals surface area contributed by atoms with Crippen LogP contribution >= 0.6 is 7.37 Å². The molecule has 0 spiro atoms. The Kier molecular flexibility index (Phi) is 3.35. The third kappa shape index (κ3) is 2.00. The van der Waals surface area contributed by atoms with Gasteiger partial charge in [-0.05, 0) is 32.4 Å². The highest BCUT2D eigenvalue weighted by Gasteiger charge is 2.65. The number of benzene rings is 1. The predicted molar refractivity (Wildman–Crippen MR) is 69.5 cm³/mol. The molecule has 0 aliphatic heterocycles. The van der Waals surface area contributed by atoms with Crippen molar-refractivity contribution in [1.82, 2.24) is 0 Å². The Hall–Kier alpha value is -1.12. The third-order valence-electron chi connectivity index (χ3n) is 3.53. The molecule has 0 saturated heterocycles. The fourth-order valence-electron chi connectivity index (χ4n) is 2.24. The van der Waals surface area contributed by atoms with Crippen molar-refractivity contribution in [3.8, 4) is 0 Å². The topological polar surface area (TPSA) is 63.6 Å². The summed E-state index contributed by atoms with van der Waals surface area (Å²) < 4.78 is 18.5. The molecule has 0 radical (unpaired) electrons. The molecular weight excluding hydrogens is 251 g/mol. The van der Waals surface area contributed by atoms with Gasteiger partial charge in [-0.15, -0.1) is 0 Å². The maximum absolute atomic E-state index is 13.0. The summed E-state index contributed by atoms with van der Waals surface area (Å²) in [5.41, 5.74) is -1.33. The summed E-state index contributed by atoms with van der Waals surface area (Å²) in [6.07, 6.45) is 0.411. The van der Waals surface area contributed by atoms with Crippen LogP contribution in [0.2, 0.25) is 0 Å². The lowest BCUT2D eigenvalue weighted by Crippen LogP contribution is -2.20. The Morgan fingerprint density at radius 2 is 2.11 bits per heavy atom. The molecule has 2 rings (SSSR count). The molecule has 0 bridgehead atoms. The first-order valence-corrected chi connectivity index (χ1v) is 7.68. The Morgan fingerprint density at radius 3 is 2.56 bits per heavy atom. The van der Waals surface area contributed by atoms with Crippen LogP contribution in [0.3, 0.4) is 0 Å². The normalized spacial score (nSPS) is 29.6. The van der Waals surface area contributed by atoms with Crippen LogP contribution in [0.15, 0.2) is 30.3 Å². The largest absolute Gasteiger partial charge is 0.481 e. The van der Waals surface area contributed by atoms with E-state index >= 15 is 0 Å². The van der Waals surface area contributed by atoms with E-state index in [4.69, 9.17) is 4.52 Å². The minimum atomic E-state index is -3.09. The van der Waals surface area contributed by atoms with Crippen LogP contribution in [0.25, 0.3) is 0 Å². The van der Waals surface area contributed by atoms with Crippen molar-refractivity contribution < 1.29 is 19.0 Å². The average molecular weight is 268 g/mol. The highest BCUT2D eigenvalue weighted by molar-refractivity contribution is 7.68. The SMILES string of the molecule is CCOP(=O)(c1ccccc1)C1CC1(C)C(=O)O. The van der Waals surface area contributed by atoms with Gasteiger partial charge in [0.15, 0.2) is 0 Å². The molecule has 1 aliphatic rings. The molecule has 0 amide bonds. The first-order chi connectivity index (χ1) is 8.45. The summed E-state index contributed by atoms with van der Waals surface area (Å²) in [7, 11) is -3.09. The van der Waals surface area contributed by atoms with Gasteiger partial charge >= 0.3 is 5.97 Å². The van der Waals surface area contributed by atoms with Crippen LogP contribution in [0.1, 0.15) is 20.3 Å². The van der Waals surface area contributed by atoms with Crippen LogP contribution in [0.5, 0.6) is 0 Å². The second-order valence-electron chi connectivity index (χ2n) is 4.79. The molecule has 5 heteroatoms. The van der Waals surface area contributed by atoms with E-state index in [0.717, 1.165) is 0 Å². The summed E-state index contributed by atoms with van der Waals surface area (Å²) >= 11 is 0. The van der Waals surface area contributed by atoms with E-state index in [2.05, 4.69) is 0 Å². The van der Waals surface area contributed by atoms with Gasteiger partial charge in [0, 0.05) is 5.30 Å². The molecule has 1 aromatic carbocycles. The highest BCUT2D eigenvalue weighted by Crippen LogP contribution is 2.69. The van der Waals surface area contributed by atoms with Crippen molar-refractivity contribution in [2.45, 2.75) is 25.9 Å². The molecule has 0 heterocycles. The molecule has 1 aliphatic carbocycles. The Morgan fingerprint density at radius 1 is 1.50 bits per heavy atom. The standard InChI is InChI=1S/C13H17O4P/c1-3-17-18(16,10-7-5-4-6-8-10)11-9-13(11,2)12(14)15/h4-8,11H,3,9H2,1-2H3,(H,14,15). The van der Waals surface area contributed by atoms with Gasteiger partial charge in [-0.2, -0.15) is 0 Å². The maximum atomic E-state index is 13.0. The van der Waals surface area contributed by atoms with Crippen molar-refractivity contribution in [3.63, 3.8) is 0 Å². The molecule has 1 fully saturated rings. The number of aliphatic carboxylic acids is 1. The van der Waals surface area contributed by atoms with Crippen molar-refractivity contribution in [3.05, 3.63) is 30.3 Å². The molecule has 1 aromatic rings. The van der Waals surface area contributed by atoms with Gasteiger partial charge < -0.3 is 9.63 Å². The van der Waals surface area contributed by atoms with Crippen LogP contribution in [-0.2, 0) is 13.9 Å². The number of hydrogen-bond donors (Lipinski definition) is 1. The molecule has 1 saturated carbocycles. The van der Waals surface area contributed by atoms with E-state index in [1.807, 2.05) is 6.07 Å². The van der Waals surface area contributed by atoms with Crippen molar-refractivity contribution in [2.75, 3.05) is 6.61 Å². The lowest BCUT2D eigenvalue weighted by atomic mass is 10.1. The summed E-state index contributed by atoms with van der Waals surface area (Å²) in [6.45, 7) is 3.73. The Bertz CT molecular complexity index is 499. The van der Waals surface area contributed by atoms with E-state index in [9.17, 15) is 14.5 Å². The van der Waals surface area contributed by atoms with Crippen LogP contribution < -0.4 is 5.30 Å². The average Bonchev–Trinajstić information content (AvgIpc) is 3.05. The molecule has 0 aromatic heterocycles. The maximum Gasteiger partial charge on any atom is 0.310 e. The number of rotatable bonds is 5. The van der Waals surface area contributed by atoms with Crippen molar-refractivity contribution >= 4 is 18.6 Å². The quantitative estimate of drug-likeness (QED) is 0.833. The van der Waals surface area contributed by atoms with E-state index in [1.54, 1.807) is 38.1 Å². The smallest absolute Gasteiger partial charge is 0.310 e. The highest BCUT2D eigenvalue weighted by atomic mass is 31.2. The minimum Gasteiger partial charge on any atom is -0.481 e. The lowest BCUT2D eigenvalue weighted by molar-refractivity contribution is -0.142. The molecule has 3 unspecified atom stereocenters. The third-order valence-corrected chi connectivity index (χ3v) is 6.76. The second kappa shape index (κ2) is 4.52. The predicted octanol–water partition coefficient (Wildman–Crippen LogP) is 2.49. The summed E-state index contributed by atoms with van der Waals surface area (Å²) in [5.74, 6) is -0.900. The van der Waals surface area contributed by atoms with Crippen LogP contribution in [0.4, 0.5) is 0 Å². The summed E-state index contributed by atoms with van der Waals surface area (Å²) in [4.78, 5) is 11.2. The van der Waals surface area contributed by atoms with Gasteiger partial charge in [-0.3, -0.25) is 9.36 Å². The minimum absolute atomic E-state index is 0.318. The van der Waals surface area contributed by atoms with Gasteiger partial charge in [0.2, 0.25) is 7.37 Å². The lowest BCUT2D eigenvalue weighted by Gasteiger charge is -2.19. The molecule has 18 heavy (non-hydrogen) atoms. The second-order valence-corrected chi connectivity index (χ2v) is 7.38. The Balaban J connectivity index is 2.36. The summed E-state index contributed by atoms with van der Waals surface area (Å²) in [5, 5.41) is 9.80.